The Kier molecular flexibility index (Phi) is 5.88. The van der Waals surface area contributed by atoms with Crippen molar-refractivity contribution >= 4 is 18.1 Å². The molecule has 0 saturated carbocycles. The molecule has 2 atom stereocenters. The van der Waals surface area contributed by atoms with Gasteiger partial charge in [0, 0.05) is 6.54 Å². The molecule has 7 nitrogen and oxygen atoms in total. The minimum atomic E-state index is -0.453. The van der Waals surface area contributed by atoms with Crippen molar-refractivity contribution in [1.29, 1.82) is 0 Å². The van der Waals surface area contributed by atoms with Crippen LogP contribution in [0.15, 0.2) is 54.6 Å². The van der Waals surface area contributed by atoms with Crippen LogP contribution in [0.2, 0.25) is 0 Å². The van der Waals surface area contributed by atoms with E-state index in [2.05, 4.69) is 0 Å². The molecule has 0 aliphatic carbocycles. The van der Waals surface area contributed by atoms with Gasteiger partial charge >= 0.3 is 12.1 Å². The van der Waals surface area contributed by atoms with Crippen molar-refractivity contribution in [3.8, 4) is 11.5 Å². The Morgan fingerprint density at radius 2 is 1.93 bits per heavy atom. The van der Waals surface area contributed by atoms with Crippen LogP contribution in [-0.2, 0) is 20.9 Å². The van der Waals surface area contributed by atoms with Crippen LogP contribution in [0.1, 0.15) is 17.5 Å². The van der Waals surface area contributed by atoms with Crippen molar-refractivity contribution in [2.75, 3.05) is 20.4 Å². The minimum Gasteiger partial charge on any atom is -0.469 e. The van der Waals surface area contributed by atoms with Crippen LogP contribution >= 0.6 is 0 Å². The summed E-state index contributed by atoms with van der Waals surface area (Å²) in [7, 11) is 1.36. The molecule has 0 spiro atoms. The summed E-state index contributed by atoms with van der Waals surface area (Å²) in [6, 6.07) is 14.6. The molecule has 156 valence electrons. The van der Waals surface area contributed by atoms with E-state index in [4.69, 9.17) is 18.9 Å². The fourth-order valence-corrected chi connectivity index (χ4v) is 3.70. The summed E-state index contributed by atoms with van der Waals surface area (Å²) in [6.07, 6.45) is 3.77. The highest BCUT2D eigenvalue weighted by Crippen LogP contribution is 2.33. The summed E-state index contributed by atoms with van der Waals surface area (Å²) in [4.78, 5) is 26.6. The highest BCUT2D eigenvalue weighted by atomic mass is 16.7. The zero-order valence-electron chi connectivity index (χ0n) is 16.7. The second kappa shape index (κ2) is 8.90. The minimum absolute atomic E-state index is 0.178. The average Bonchev–Trinajstić information content (AvgIpc) is 3.42. The van der Waals surface area contributed by atoms with E-state index in [1.807, 2.05) is 60.7 Å². The third kappa shape index (κ3) is 4.25. The molecule has 0 bridgehead atoms. The van der Waals surface area contributed by atoms with E-state index >= 15 is 0 Å². The lowest BCUT2D eigenvalue weighted by molar-refractivity contribution is -0.145. The molecule has 2 aromatic carbocycles. The molecule has 0 unspecified atom stereocenters. The van der Waals surface area contributed by atoms with Crippen LogP contribution in [0, 0.1) is 5.92 Å². The molecule has 1 fully saturated rings. The molecular formula is C23H23NO6. The zero-order valence-corrected chi connectivity index (χ0v) is 16.7. The summed E-state index contributed by atoms with van der Waals surface area (Å²) in [5.41, 5.74) is 1.79. The number of benzene rings is 2. The number of carbonyl (C=O) groups excluding carboxylic acids is 2. The second-order valence-electron chi connectivity index (χ2n) is 7.11. The Morgan fingerprint density at radius 1 is 1.13 bits per heavy atom. The van der Waals surface area contributed by atoms with E-state index in [1.54, 1.807) is 4.90 Å². The number of fused-ring (bicyclic) bond motifs is 1. The highest BCUT2D eigenvalue weighted by Gasteiger charge is 2.41. The number of methoxy groups -OCH3 is 1. The van der Waals surface area contributed by atoms with Gasteiger partial charge in [-0.15, -0.1) is 0 Å². The van der Waals surface area contributed by atoms with Gasteiger partial charge in [-0.25, -0.2) is 4.79 Å². The fraction of sp³-hybridized carbons (Fsp3) is 0.304. The number of likely N-dealkylation sites (tertiary alicyclic amines) is 1. The van der Waals surface area contributed by atoms with Crippen molar-refractivity contribution in [3.05, 3.63) is 65.7 Å². The lowest BCUT2D eigenvalue weighted by Gasteiger charge is -2.24. The standard InChI is InChI=1S/C23H23NO6/c1-27-22(25)18-11-12-24(23(26)28-14-17-5-3-2-4-6-17)19(18)9-7-16-8-10-20-21(13-16)30-15-29-20/h2-10,13,18-19H,11-12,14-15H2,1H3/b9-7+/t18-,19+/m0/s1. The number of hydrogen-bond donors (Lipinski definition) is 0. The topological polar surface area (TPSA) is 74.3 Å². The summed E-state index contributed by atoms with van der Waals surface area (Å²) in [5, 5.41) is 0. The number of carbonyl (C=O) groups is 2. The van der Waals surface area contributed by atoms with Gasteiger partial charge in [0.15, 0.2) is 11.5 Å². The number of esters is 1. The number of amides is 1. The van der Waals surface area contributed by atoms with Gasteiger partial charge in [0.05, 0.1) is 19.1 Å². The summed E-state index contributed by atoms with van der Waals surface area (Å²) < 4.78 is 21.2. The number of rotatable bonds is 5. The largest absolute Gasteiger partial charge is 0.469 e. The molecule has 2 aliphatic heterocycles. The van der Waals surface area contributed by atoms with Crippen LogP contribution in [0.4, 0.5) is 4.79 Å². The Hall–Kier alpha value is -3.48. The molecule has 2 aliphatic rings. The van der Waals surface area contributed by atoms with Crippen LogP contribution in [0.25, 0.3) is 6.08 Å². The monoisotopic (exact) mass is 409 g/mol. The fourth-order valence-electron chi connectivity index (χ4n) is 3.70. The van der Waals surface area contributed by atoms with Crippen molar-refractivity contribution in [2.45, 2.75) is 19.1 Å². The Balaban J connectivity index is 1.49. The SMILES string of the molecule is COC(=O)[C@H]1CCN(C(=O)OCc2ccccc2)[C@@H]1/C=C/c1ccc2c(c1)OCO2. The number of nitrogens with zero attached hydrogens (tertiary/aromatic N) is 1. The normalized spacial score (nSPS) is 19.8. The Morgan fingerprint density at radius 3 is 2.73 bits per heavy atom. The van der Waals surface area contributed by atoms with Gasteiger partial charge in [0.25, 0.3) is 0 Å². The maximum Gasteiger partial charge on any atom is 0.410 e. The molecule has 1 saturated heterocycles. The molecule has 2 aromatic rings. The molecule has 1 amide bonds. The van der Waals surface area contributed by atoms with Crippen molar-refractivity contribution in [2.24, 2.45) is 5.92 Å². The Bertz CT molecular complexity index is 942. The zero-order chi connectivity index (χ0) is 20.9. The lowest BCUT2D eigenvalue weighted by Crippen LogP contribution is -2.39. The Labute approximate surface area is 174 Å². The molecule has 7 heteroatoms. The molecule has 0 N–H and O–H groups in total. The van der Waals surface area contributed by atoms with E-state index in [-0.39, 0.29) is 19.4 Å². The predicted molar refractivity (Wildman–Crippen MR) is 109 cm³/mol. The van der Waals surface area contributed by atoms with Crippen LogP contribution < -0.4 is 9.47 Å². The quantitative estimate of drug-likeness (QED) is 0.702. The van der Waals surface area contributed by atoms with Gasteiger partial charge in [0.1, 0.15) is 6.61 Å². The first kappa shape index (κ1) is 19.8. The van der Waals surface area contributed by atoms with E-state index < -0.39 is 18.1 Å². The first-order valence-corrected chi connectivity index (χ1v) is 9.78. The molecule has 0 radical (unpaired) electrons. The molecule has 0 aromatic heterocycles. The third-order valence-corrected chi connectivity index (χ3v) is 5.28. The maximum absolute atomic E-state index is 12.7. The molecular weight excluding hydrogens is 386 g/mol. The average molecular weight is 409 g/mol. The van der Waals surface area contributed by atoms with E-state index in [0.717, 1.165) is 11.1 Å². The van der Waals surface area contributed by atoms with Gasteiger partial charge < -0.3 is 23.8 Å². The summed E-state index contributed by atoms with van der Waals surface area (Å²) in [6.45, 7) is 0.803. The molecule has 2 heterocycles. The third-order valence-electron chi connectivity index (χ3n) is 5.28. The predicted octanol–water partition coefficient (Wildman–Crippen LogP) is 3.63. The van der Waals surface area contributed by atoms with Gasteiger partial charge in [-0.05, 0) is 29.7 Å². The van der Waals surface area contributed by atoms with E-state index in [1.165, 1.54) is 7.11 Å². The first-order chi connectivity index (χ1) is 14.7. The second-order valence-corrected chi connectivity index (χ2v) is 7.11. The van der Waals surface area contributed by atoms with Crippen LogP contribution in [-0.4, -0.2) is 43.5 Å². The van der Waals surface area contributed by atoms with Crippen molar-refractivity contribution in [3.63, 3.8) is 0 Å². The van der Waals surface area contributed by atoms with Crippen LogP contribution in [0.5, 0.6) is 11.5 Å². The van der Waals surface area contributed by atoms with Gasteiger partial charge in [0.2, 0.25) is 6.79 Å². The number of hydrogen-bond acceptors (Lipinski definition) is 6. The summed E-state index contributed by atoms with van der Waals surface area (Å²) in [5.74, 6) is 0.594. The summed E-state index contributed by atoms with van der Waals surface area (Å²) >= 11 is 0. The smallest absolute Gasteiger partial charge is 0.410 e. The van der Waals surface area contributed by atoms with Crippen molar-refractivity contribution < 1.29 is 28.5 Å². The van der Waals surface area contributed by atoms with Crippen molar-refractivity contribution in [1.82, 2.24) is 4.90 Å². The van der Waals surface area contributed by atoms with Crippen LogP contribution in [0.3, 0.4) is 0 Å². The molecule has 4 rings (SSSR count). The highest BCUT2D eigenvalue weighted by molar-refractivity contribution is 5.77. The lowest BCUT2D eigenvalue weighted by atomic mass is 9.99. The maximum atomic E-state index is 12.7. The molecule has 30 heavy (non-hydrogen) atoms. The number of ether oxygens (including phenoxy) is 4. The van der Waals surface area contributed by atoms with Gasteiger partial charge in [-0.3, -0.25) is 4.79 Å². The van der Waals surface area contributed by atoms with E-state index in [0.29, 0.717) is 24.5 Å². The van der Waals surface area contributed by atoms with Gasteiger partial charge in [-0.2, -0.15) is 0 Å². The van der Waals surface area contributed by atoms with E-state index in [9.17, 15) is 9.59 Å². The van der Waals surface area contributed by atoms with Gasteiger partial charge in [-0.1, -0.05) is 48.6 Å². The first-order valence-electron chi connectivity index (χ1n) is 9.78.